The van der Waals surface area contributed by atoms with Crippen LogP contribution in [0, 0.1) is 11.8 Å². The third-order valence-electron chi connectivity index (χ3n) is 1.82. The molecule has 0 aromatic carbocycles. The molecule has 0 aromatic rings. The van der Waals surface area contributed by atoms with Crippen molar-refractivity contribution in [3.05, 3.63) is 0 Å². The van der Waals surface area contributed by atoms with E-state index in [1.54, 1.807) is 13.8 Å². The summed E-state index contributed by atoms with van der Waals surface area (Å²) in [6.45, 7) is 7.12. The van der Waals surface area contributed by atoms with Crippen LogP contribution in [0.15, 0.2) is 0 Å². The Balaban J connectivity index is 4.79. The van der Waals surface area contributed by atoms with Gasteiger partial charge in [0.2, 0.25) is 10.0 Å². The van der Waals surface area contributed by atoms with E-state index in [1.165, 1.54) is 0 Å². The first-order chi connectivity index (χ1) is 7.15. The molecule has 0 aromatic heterocycles. The van der Waals surface area contributed by atoms with Crippen LogP contribution in [0.25, 0.3) is 0 Å². The third kappa shape index (κ3) is 6.07. The number of sulfonamides is 1. The van der Waals surface area contributed by atoms with Crippen molar-refractivity contribution in [1.82, 2.24) is 4.31 Å². The summed E-state index contributed by atoms with van der Waals surface area (Å²) in [7, 11) is -3.46. The van der Waals surface area contributed by atoms with E-state index < -0.39 is 22.5 Å². The van der Waals surface area contributed by atoms with E-state index in [1.807, 2.05) is 13.8 Å². The van der Waals surface area contributed by atoms with E-state index in [0.29, 0.717) is 0 Å². The molecule has 0 rings (SSSR count). The second-order valence-corrected chi connectivity index (χ2v) is 6.77. The highest BCUT2D eigenvalue weighted by molar-refractivity contribution is 7.89. The van der Waals surface area contributed by atoms with Gasteiger partial charge in [-0.25, -0.2) is 8.42 Å². The van der Waals surface area contributed by atoms with Crippen molar-refractivity contribution in [2.24, 2.45) is 11.8 Å². The van der Waals surface area contributed by atoms with Crippen molar-refractivity contribution in [2.75, 3.05) is 18.8 Å². The number of hydrogen-bond donors (Lipinski definition) is 1. The maximum atomic E-state index is 11.9. The van der Waals surface area contributed by atoms with Gasteiger partial charge in [0.1, 0.15) is 6.54 Å². The number of hydrogen-bond acceptors (Lipinski definition) is 3. The highest BCUT2D eigenvalue weighted by Crippen LogP contribution is 2.10. The van der Waals surface area contributed by atoms with Crippen LogP contribution in [-0.4, -0.2) is 42.6 Å². The van der Waals surface area contributed by atoms with Crippen molar-refractivity contribution in [3.63, 3.8) is 0 Å². The lowest BCUT2D eigenvalue weighted by atomic mass is 10.2. The zero-order valence-electron chi connectivity index (χ0n) is 10.3. The molecular formula is C10H21NO4S. The summed E-state index contributed by atoms with van der Waals surface area (Å²) < 4.78 is 24.8. The molecule has 5 nitrogen and oxygen atoms in total. The fourth-order valence-corrected chi connectivity index (χ4v) is 3.25. The Labute approximate surface area is 97.5 Å². The van der Waals surface area contributed by atoms with E-state index in [4.69, 9.17) is 5.11 Å². The predicted octanol–water partition coefficient (Wildman–Crippen LogP) is 1.01. The molecule has 16 heavy (non-hydrogen) atoms. The highest BCUT2D eigenvalue weighted by atomic mass is 32.2. The molecule has 0 fully saturated rings. The first-order valence-corrected chi connectivity index (χ1v) is 6.95. The molecular weight excluding hydrogens is 230 g/mol. The Morgan fingerprint density at radius 3 is 2.00 bits per heavy atom. The second-order valence-electron chi connectivity index (χ2n) is 4.75. The van der Waals surface area contributed by atoms with Crippen LogP contribution in [0.2, 0.25) is 0 Å². The smallest absolute Gasteiger partial charge is 0.318 e. The van der Waals surface area contributed by atoms with Crippen molar-refractivity contribution in [1.29, 1.82) is 0 Å². The maximum Gasteiger partial charge on any atom is 0.318 e. The van der Waals surface area contributed by atoms with Crippen LogP contribution < -0.4 is 0 Å². The van der Waals surface area contributed by atoms with Crippen molar-refractivity contribution < 1.29 is 18.3 Å². The molecule has 0 spiro atoms. The number of carboxylic acid groups (broad SMARTS) is 1. The van der Waals surface area contributed by atoms with Crippen molar-refractivity contribution in [2.45, 2.75) is 27.7 Å². The molecule has 96 valence electrons. The van der Waals surface area contributed by atoms with Crippen LogP contribution in [0.1, 0.15) is 27.7 Å². The summed E-state index contributed by atoms with van der Waals surface area (Å²) in [6.07, 6.45) is 0. The van der Waals surface area contributed by atoms with Gasteiger partial charge in [-0.1, -0.05) is 27.7 Å². The normalized spacial score (nSPS) is 12.7. The SMILES string of the molecule is CC(C)CN(CC(=O)O)S(=O)(=O)CC(C)C. The van der Waals surface area contributed by atoms with Crippen LogP contribution in [0.5, 0.6) is 0 Å². The van der Waals surface area contributed by atoms with Crippen molar-refractivity contribution in [3.8, 4) is 0 Å². The van der Waals surface area contributed by atoms with Gasteiger partial charge in [0.05, 0.1) is 5.75 Å². The maximum absolute atomic E-state index is 11.9. The minimum Gasteiger partial charge on any atom is -0.480 e. The average Bonchev–Trinajstić information content (AvgIpc) is 1.98. The van der Waals surface area contributed by atoms with Gasteiger partial charge >= 0.3 is 5.97 Å². The van der Waals surface area contributed by atoms with Gasteiger partial charge in [-0.3, -0.25) is 4.79 Å². The van der Waals surface area contributed by atoms with Crippen LogP contribution in [0.3, 0.4) is 0 Å². The minimum atomic E-state index is -3.46. The lowest BCUT2D eigenvalue weighted by Crippen LogP contribution is -2.40. The summed E-state index contributed by atoms with van der Waals surface area (Å²) in [6, 6.07) is 0. The molecule has 0 aliphatic rings. The fraction of sp³-hybridized carbons (Fsp3) is 0.900. The summed E-state index contributed by atoms with van der Waals surface area (Å²) in [5, 5.41) is 8.69. The zero-order chi connectivity index (χ0) is 12.9. The Morgan fingerprint density at radius 2 is 1.69 bits per heavy atom. The quantitative estimate of drug-likeness (QED) is 0.733. The molecule has 0 radical (unpaired) electrons. The number of rotatable bonds is 7. The van der Waals surface area contributed by atoms with E-state index in [0.717, 1.165) is 4.31 Å². The van der Waals surface area contributed by atoms with E-state index >= 15 is 0 Å². The summed E-state index contributed by atoms with van der Waals surface area (Å²) in [4.78, 5) is 10.6. The molecule has 0 aliphatic heterocycles. The van der Waals surface area contributed by atoms with Crippen LogP contribution in [-0.2, 0) is 14.8 Å². The Morgan fingerprint density at radius 1 is 1.19 bits per heavy atom. The van der Waals surface area contributed by atoms with Gasteiger partial charge in [0, 0.05) is 6.54 Å². The standard InChI is InChI=1S/C10H21NO4S/c1-8(2)5-11(6-10(12)13)16(14,15)7-9(3)4/h8-9H,5-7H2,1-4H3,(H,12,13). The number of aliphatic carboxylic acids is 1. The van der Waals surface area contributed by atoms with Crippen molar-refractivity contribution >= 4 is 16.0 Å². The molecule has 0 saturated carbocycles. The van der Waals surface area contributed by atoms with E-state index in [2.05, 4.69) is 0 Å². The Hall–Kier alpha value is -0.620. The summed E-state index contributed by atoms with van der Waals surface area (Å²) >= 11 is 0. The largest absolute Gasteiger partial charge is 0.480 e. The molecule has 0 bridgehead atoms. The average molecular weight is 251 g/mol. The highest BCUT2D eigenvalue weighted by Gasteiger charge is 2.25. The minimum absolute atomic E-state index is 0.00606. The third-order valence-corrected chi connectivity index (χ3v) is 3.97. The van der Waals surface area contributed by atoms with E-state index in [9.17, 15) is 13.2 Å². The molecule has 0 amide bonds. The molecule has 6 heteroatoms. The topological polar surface area (TPSA) is 74.7 Å². The molecule has 0 unspecified atom stereocenters. The lowest BCUT2D eigenvalue weighted by molar-refractivity contribution is -0.137. The monoisotopic (exact) mass is 251 g/mol. The predicted molar refractivity (Wildman–Crippen MR) is 62.7 cm³/mol. The molecule has 0 saturated heterocycles. The van der Waals surface area contributed by atoms with Crippen LogP contribution in [0.4, 0.5) is 0 Å². The lowest BCUT2D eigenvalue weighted by Gasteiger charge is -2.23. The van der Waals surface area contributed by atoms with Gasteiger partial charge < -0.3 is 5.11 Å². The first-order valence-electron chi connectivity index (χ1n) is 5.34. The molecule has 1 N–H and O–H groups in total. The first kappa shape index (κ1) is 15.4. The van der Waals surface area contributed by atoms with Gasteiger partial charge in [-0.05, 0) is 11.8 Å². The van der Waals surface area contributed by atoms with Gasteiger partial charge in [0.15, 0.2) is 0 Å². The molecule has 0 aliphatic carbocycles. The van der Waals surface area contributed by atoms with E-state index in [-0.39, 0.29) is 24.1 Å². The number of nitrogens with zero attached hydrogens (tertiary/aromatic N) is 1. The Kier molecular flexibility index (Phi) is 5.96. The summed E-state index contributed by atoms with van der Waals surface area (Å²) in [5.41, 5.74) is 0. The number of carbonyl (C=O) groups is 1. The van der Waals surface area contributed by atoms with Crippen LogP contribution >= 0.6 is 0 Å². The molecule has 0 atom stereocenters. The second kappa shape index (κ2) is 6.20. The number of carboxylic acids is 1. The zero-order valence-corrected chi connectivity index (χ0v) is 11.1. The fourth-order valence-electron chi connectivity index (χ4n) is 1.36. The summed E-state index contributed by atoms with van der Waals surface area (Å²) in [5.74, 6) is -1.02. The van der Waals surface area contributed by atoms with Gasteiger partial charge in [-0.15, -0.1) is 0 Å². The van der Waals surface area contributed by atoms with Gasteiger partial charge in [-0.2, -0.15) is 4.31 Å². The van der Waals surface area contributed by atoms with Gasteiger partial charge in [0.25, 0.3) is 0 Å². The Bertz CT molecular complexity index is 322. The molecule has 0 heterocycles.